The topological polar surface area (TPSA) is 90.2 Å². The number of aryl methyl sites for hydroxylation is 2. The normalized spacial score (nSPS) is 15.4. The molecule has 2 heterocycles. The van der Waals surface area contributed by atoms with Gasteiger partial charge in [0.1, 0.15) is 0 Å². The number of pyridine rings is 1. The number of methoxy groups -OCH3 is 2. The lowest BCUT2D eigenvalue weighted by Gasteiger charge is -2.26. The fourth-order valence-electron chi connectivity index (χ4n) is 4.15. The van der Waals surface area contributed by atoms with Gasteiger partial charge in [-0.2, -0.15) is 4.98 Å². The van der Waals surface area contributed by atoms with Gasteiger partial charge in [0.2, 0.25) is 11.4 Å². The summed E-state index contributed by atoms with van der Waals surface area (Å²) in [7, 11) is 3.28. The smallest absolute Gasteiger partial charge is 0.247 e. The highest BCUT2D eigenvalue weighted by Gasteiger charge is 2.42. The Morgan fingerprint density at radius 3 is 2.55 bits per heavy atom. The van der Waals surface area contributed by atoms with Crippen LogP contribution in [0.25, 0.3) is 0 Å². The van der Waals surface area contributed by atoms with E-state index in [1.54, 1.807) is 20.4 Å². The zero-order valence-electron chi connectivity index (χ0n) is 16.7. The Bertz CT molecular complexity index is 1010. The second-order valence-corrected chi connectivity index (χ2v) is 7.43. The second-order valence-electron chi connectivity index (χ2n) is 7.43. The van der Waals surface area contributed by atoms with E-state index in [9.17, 15) is 4.79 Å². The Balaban J connectivity index is 1.59. The minimum Gasteiger partial charge on any atom is -0.493 e. The molecule has 0 radical (unpaired) electrons. The monoisotopic (exact) mass is 395 g/mol. The van der Waals surface area contributed by atoms with Gasteiger partial charge in [0.25, 0.3) is 0 Å². The van der Waals surface area contributed by atoms with E-state index in [1.807, 2.05) is 18.2 Å². The van der Waals surface area contributed by atoms with E-state index in [-0.39, 0.29) is 11.0 Å². The van der Waals surface area contributed by atoms with Crippen LogP contribution < -0.4 is 15.0 Å². The highest BCUT2D eigenvalue weighted by Crippen LogP contribution is 2.47. The van der Waals surface area contributed by atoms with Gasteiger partial charge in [0, 0.05) is 18.7 Å². The highest BCUT2D eigenvalue weighted by atomic mass is 16.5. The first-order valence-electron chi connectivity index (χ1n) is 9.88. The van der Waals surface area contributed by atoms with E-state index >= 15 is 0 Å². The van der Waals surface area contributed by atoms with Crippen molar-refractivity contribution in [2.24, 2.45) is 0 Å². The van der Waals surface area contributed by atoms with Crippen LogP contribution in [-0.4, -0.2) is 29.3 Å². The molecule has 1 aromatic carbocycles. The van der Waals surface area contributed by atoms with Crippen LogP contribution in [0, 0.1) is 0 Å². The first-order valence-corrected chi connectivity index (χ1v) is 9.88. The van der Waals surface area contributed by atoms with Gasteiger partial charge in [-0.15, -0.1) is 0 Å². The average molecular weight is 395 g/mol. The third-order valence-electron chi connectivity index (χ3n) is 5.77. The number of H-pyrrole nitrogens is 1. The molecule has 0 aliphatic heterocycles. The van der Waals surface area contributed by atoms with Crippen molar-refractivity contribution in [2.45, 2.75) is 43.9 Å². The number of benzene rings is 1. The minimum absolute atomic E-state index is 0.105. The molecule has 1 N–H and O–H groups in total. The summed E-state index contributed by atoms with van der Waals surface area (Å²) in [6, 6.07) is 9.38. The van der Waals surface area contributed by atoms with Crippen LogP contribution in [0.1, 0.15) is 48.5 Å². The molecule has 4 rings (SSSR count). The Hall–Kier alpha value is -3.09. The number of hydrogen-bond acceptors (Lipinski definition) is 6. The van der Waals surface area contributed by atoms with E-state index < -0.39 is 0 Å². The van der Waals surface area contributed by atoms with Crippen molar-refractivity contribution in [1.82, 2.24) is 15.1 Å². The summed E-state index contributed by atoms with van der Waals surface area (Å²) in [5, 5.41) is 4.36. The fraction of sp³-hybridized carbons (Fsp3) is 0.409. The first kappa shape index (κ1) is 19.2. The molecule has 2 aromatic heterocycles. The van der Waals surface area contributed by atoms with Crippen LogP contribution in [0.4, 0.5) is 0 Å². The molecule has 7 heteroatoms. The lowest BCUT2D eigenvalue weighted by molar-refractivity contribution is 0.350. The maximum absolute atomic E-state index is 11.2. The van der Waals surface area contributed by atoms with Crippen molar-refractivity contribution in [3.05, 3.63) is 69.7 Å². The lowest BCUT2D eigenvalue weighted by Crippen LogP contribution is -2.25. The second kappa shape index (κ2) is 8.11. The highest BCUT2D eigenvalue weighted by molar-refractivity contribution is 5.47. The zero-order chi connectivity index (χ0) is 20.3. The number of nitrogens with zero attached hydrogens (tertiary/aromatic N) is 2. The van der Waals surface area contributed by atoms with Crippen molar-refractivity contribution >= 4 is 0 Å². The van der Waals surface area contributed by atoms with Crippen molar-refractivity contribution in [3.8, 4) is 11.5 Å². The van der Waals surface area contributed by atoms with Crippen LogP contribution in [0.2, 0.25) is 0 Å². The number of aromatic nitrogens is 3. The zero-order valence-corrected chi connectivity index (χ0v) is 16.7. The molecular formula is C22H25N3O4. The Morgan fingerprint density at radius 2 is 1.86 bits per heavy atom. The molecular weight excluding hydrogens is 370 g/mol. The van der Waals surface area contributed by atoms with Crippen LogP contribution in [0.3, 0.4) is 0 Å². The summed E-state index contributed by atoms with van der Waals surface area (Å²) in [6.45, 7) is 0. The van der Waals surface area contributed by atoms with Gasteiger partial charge in [-0.05, 0) is 42.5 Å². The number of ether oxygens (including phenoxy) is 2. The quantitative estimate of drug-likeness (QED) is 0.659. The Morgan fingerprint density at radius 1 is 1.07 bits per heavy atom. The fourth-order valence-corrected chi connectivity index (χ4v) is 4.15. The summed E-state index contributed by atoms with van der Waals surface area (Å²) >= 11 is 0. The summed E-state index contributed by atoms with van der Waals surface area (Å²) in [5.74, 6) is 2.76. The predicted octanol–water partition coefficient (Wildman–Crippen LogP) is 3.42. The van der Waals surface area contributed by atoms with Crippen LogP contribution >= 0.6 is 0 Å². The molecule has 1 fully saturated rings. The van der Waals surface area contributed by atoms with Crippen molar-refractivity contribution in [1.29, 1.82) is 0 Å². The largest absolute Gasteiger partial charge is 0.493 e. The van der Waals surface area contributed by atoms with Crippen molar-refractivity contribution in [2.75, 3.05) is 14.2 Å². The van der Waals surface area contributed by atoms with Gasteiger partial charge in [-0.1, -0.05) is 30.1 Å². The third kappa shape index (κ3) is 3.77. The number of nitrogens with one attached hydrogen (secondary N) is 1. The molecule has 7 nitrogen and oxygen atoms in total. The predicted molar refractivity (Wildman–Crippen MR) is 108 cm³/mol. The summed E-state index contributed by atoms with van der Waals surface area (Å²) in [5.41, 5.74) is 1.78. The molecule has 0 spiro atoms. The van der Waals surface area contributed by atoms with Gasteiger partial charge in [0.05, 0.1) is 19.6 Å². The molecule has 1 aliphatic rings. The molecule has 0 saturated heterocycles. The van der Waals surface area contributed by atoms with E-state index in [1.165, 1.54) is 6.07 Å². The SMILES string of the molecule is COc1ccc(C2(c3noc(CCc4ccc(=O)[nH]c4)n3)CCCC2)cc1OC. The summed E-state index contributed by atoms with van der Waals surface area (Å²) in [4.78, 5) is 18.6. The van der Waals surface area contributed by atoms with Gasteiger partial charge in [-0.3, -0.25) is 4.79 Å². The summed E-state index contributed by atoms with van der Waals surface area (Å²) in [6.07, 6.45) is 7.26. The molecule has 0 bridgehead atoms. The van der Waals surface area contributed by atoms with E-state index in [0.29, 0.717) is 23.8 Å². The van der Waals surface area contributed by atoms with Crippen molar-refractivity contribution < 1.29 is 14.0 Å². The van der Waals surface area contributed by atoms with Crippen LogP contribution in [0.15, 0.2) is 45.8 Å². The molecule has 0 amide bonds. The molecule has 29 heavy (non-hydrogen) atoms. The van der Waals surface area contributed by atoms with Gasteiger partial charge < -0.3 is 19.0 Å². The van der Waals surface area contributed by atoms with Crippen molar-refractivity contribution in [3.63, 3.8) is 0 Å². The first-order chi connectivity index (χ1) is 14.1. The third-order valence-corrected chi connectivity index (χ3v) is 5.77. The average Bonchev–Trinajstić information content (AvgIpc) is 3.43. The Kier molecular flexibility index (Phi) is 5.38. The van der Waals surface area contributed by atoms with Gasteiger partial charge in [0.15, 0.2) is 17.3 Å². The van der Waals surface area contributed by atoms with E-state index in [4.69, 9.17) is 19.0 Å². The van der Waals surface area contributed by atoms with E-state index in [0.717, 1.165) is 49.1 Å². The van der Waals surface area contributed by atoms with Crippen LogP contribution in [-0.2, 0) is 18.3 Å². The minimum atomic E-state index is -0.265. The van der Waals surface area contributed by atoms with Gasteiger partial charge in [-0.25, -0.2) is 0 Å². The maximum atomic E-state index is 11.2. The number of rotatable bonds is 7. The molecule has 3 aromatic rings. The van der Waals surface area contributed by atoms with Gasteiger partial charge >= 0.3 is 0 Å². The van der Waals surface area contributed by atoms with E-state index in [2.05, 4.69) is 16.2 Å². The molecule has 1 aliphatic carbocycles. The molecule has 0 atom stereocenters. The standard InChI is InChI=1S/C22H25N3O4/c1-27-17-8-7-16(13-18(17)28-2)22(11-3-4-12-22)21-24-20(29-25-21)10-6-15-5-9-19(26)23-14-15/h5,7-9,13-14H,3-4,6,10-12H2,1-2H3,(H,23,26). The molecule has 152 valence electrons. The molecule has 0 unspecified atom stereocenters. The Labute approximate surface area is 169 Å². The molecule has 1 saturated carbocycles. The number of hydrogen-bond donors (Lipinski definition) is 1. The number of aromatic amines is 1. The van der Waals surface area contributed by atoms with Crippen LogP contribution in [0.5, 0.6) is 11.5 Å². The maximum Gasteiger partial charge on any atom is 0.247 e. The lowest BCUT2D eigenvalue weighted by atomic mass is 9.78. The summed E-state index contributed by atoms with van der Waals surface area (Å²) < 4.78 is 16.5.